The van der Waals surface area contributed by atoms with E-state index in [1.54, 1.807) is 19.3 Å². The fraction of sp³-hybridized carbons (Fsp3) is 0.192. The number of aryl methyl sites for hydroxylation is 1. The van der Waals surface area contributed by atoms with Crippen molar-refractivity contribution in [2.75, 3.05) is 6.61 Å². The quantitative estimate of drug-likeness (QED) is 0.435. The number of hydrogen-bond donors (Lipinski definition) is 1. The van der Waals surface area contributed by atoms with Crippen molar-refractivity contribution in [3.8, 4) is 17.4 Å². The first kappa shape index (κ1) is 22.1. The van der Waals surface area contributed by atoms with Gasteiger partial charge in [-0.25, -0.2) is 4.98 Å². The summed E-state index contributed by atoms with van der Waals surface area (Å²) in [5.74, 6) is 1.45. The van der Waals surface area contributed by atoms with Crippen LogP contribution in [0.5, 0.6) is 17.4 Å². The van der Waals surface area contributed by atoms with Crippen LogP contribution in [0, 0.1) is 0 Å². The molecule has 0 atom stereocenters. The molecular formula is C26H25N3O4. The molecule has 0 unspecified atom stereocenters. The molecule has 0 aliphatic carbocycles. The zero-order chi connectivity index (χ0) is 23.2. The van der Waals surface area contributed by atoms with Crippen LogP contribution < -0.4 is 20.3 Å². The van der Waals surface area contributed by atoms with E-state index in [2.05, 4.69) is 17.2 Å². The van der Waals surface area contributed by atoms with Crippen molar-refractivity contribution in [1.82, 2.24) is 14.9 Å². The third kappa shape index (κ3) is 5.03. The normalized spacial score (nSPS) is 10.7. The van der Waals surface area contributed by atoms with Gasteiger partial charge in [0.15, 0.2) is 0 Å². The Bertz CT molecular complexity index is 1330. The standard InChI is InChI=1S/C26H25N3O4/c1-3-15-32-19-10-12-20(13-11-19)33-26-18(7-6-14-27-26)17-28-25(31)22-16-24(30)29(2)23-9-5-4-8-21(22)23/h4-14,16H,3,15,17H2,1-2H3,(H,28,31). The highest BCUT2D eigenvalue weighted by Crippen LogP contribution is 2.25. The number of pyridine rings is 2. The van der Waals surface area contributed by atoms with Gasteiger partial charge in [-0.2, -0.15) is 0 Å². The van der Waals surface area contributed by atoms with E-state index in [1.165, 1.54) is 10.6 Å². The summed E-state index contributed by atoms with van der Waals surface area (Å²) in [6.07, 6.45) is 2.57. The number of ether oxygens (including phenoxy) is 2. The molecule has 4 aromatic rings. The minimum absolute atomic E-state index is 0.198. The number of fused-ring (bicyclic) bond motifs is 1. The Morgan fingerprint density at radius 3 is 2.58 bits per heavy atom. The molecule has 1 N–H and O–H groups in total. The highest BCUT2D eigenvalue weighted by atomic mass is 16.5. The number of nitrogens with one attached hydrogen (secondary N) is 1. The van der Waals surface area contributed by atoms with Crippen molar-refractivity contribution >= 4 is 16.8 Å². The molecule has 168 valence electrons. The van der Waals surface area contributed by atoms with Gasteiger partial charge in [0.1, 0.15) is 11.5 Å². The Kier molecular flexibility index (Phi) is 6.69. The lowest BCUT2D eigenvalue weighted by Gasteiger charge is -2.13. The molecular weight excluding hydrogens is 418 g/mol. The molecule has 1 amide bonds. The SMILES string of the molecule is CCCOc1ccc(Oc2ncccc2CNC(=O)c2cc(=O)n(C)c3ccccc23)cc1. The Balaban J connectivity index is 1.50. The average molecular weight is 444 g/mol. The summed E-state index contributed by atoms with van der Waals surface area (Å²) in [7, 11) is 1.69. The van der Waals surface area contributed by atoms with Crippen LogP contribution in [0.3, 0.4) is 0 Å². The third-order valence-electron chi connectivity index (χ3n) is 5.20. The van der Waals surface area contributed by atoms with Crippen molar-refractivity contribution in [3.05, 3.63) is 94.4 Å². The van der Waals surface area contributed by atoms with Gasteiger partial charge < -0.3 is 19.4 Å². The molecule has 0 spiro atoms. The first-order valence-corrected chi connectivity index (χ1v) is 10.8. The molecule has 33 heavy (non-hydrogen) atoms. The van der Waals surface area contributed by atoms with Crippen LogP contribution in [-0.2, 0) is 13.6 Å². The summed E-state index contributed by atoms with van der Waals surface area (Å²) in [5.41, 5.74) is 1.51. The zero-order valence-corrected chi connectivity index (χ0v) is 18.6. The van der Waals surface area contributed by atoms with Crippen molar-refractivity contribution in [1.29, 1.82) is 0 Å². The monoisotopic (exact) mass is 443 g/mol. The van der Waals surface area contributed by atoms with Gasteiger partial charge in [0.2, 0.25) is 5.88 Å². The topological polar surface area (TPSA) is 82.5 Å². The lowest BCUT2D eigenvalue weighted by Crippen LogP contribution is -2.26. The number of carbonyl (C=O) groups excluding carboxylic acids is 1. The van der Waals surface area contributed by atoms with Crippen LogP contribution in [0.4, 0.5) is 0 Å². The van der Waals surface area contributed by atoms with Crippen LogP contribution in [0.2, 0.25) is 0 Å². The highest BCUT2D eigenvalue weighted by Gasteiger charge is 2.14. The minimum Gasteiger partial charge on any atom is -0.494 e. The van der Waals surface area contributed by atoms with Crippen LogP contribution in [0.15, 0.2) is 77.7 Å². The minimum atomic E-state index is -0.337. The van der Waals surface area contributed by atoms with E-state index in [-0.39, 0.29) is 18.0 Å². The number of amides is 1. The van der Waals surface area contributed by atoms with Gasteiger partial charge in [0, 0.05) is 36.8 Å². The molecule has 0 aliphatic heterocycles. The first-order chi connectivity index (χ1) is 16.1. The van der Waals surface area contributed by atoms with Crippen molar-refractivity contribution in [2.24, 2.45) is 7.05 Å². The molecule has 2 aromatic heterocycles. The van der Waals surface area contributed by atoms with Gasteiger partial charge in [0.05, 0.1) is 17.7 Å². The van der Waals surface area contributed by atoms with Gasteiger partial charge in [-0.05, 0) is 42.8 Å². The van der Waals surface area contributed by atoms with Crippen molar-refractivity contribution in [2.45, 2.75) is 19.9 Å². The van der Waals surface area contributed by atoms with E-state index in [9.17, 15) is 9.59 Å². The Labute approximate surface area is 191 Å². The Morgan fingerprint density at radius 1 is 1.03 bits per heavy atom. The number of para-hydroxylation sites is 1. The van der Waals surface area contributed by atoms with E-state index in [0.29, 0.717) is 40.3 Å². The smallest absolute Gasteiger partial charge is 0.252 e. The largest absolute Gasteiger partial charge is 0.494 e. The summed E-state index contributed by atoms with van der Waals surface area (Å²) < 4.78 is 13.1. The summed E-state index contributed by atoms with van der Waals surface area (Å²) in [6.45, 7) is 2.91. The number of rotatable bonds is 8. The van der Waals surface area contributed by atoms with Gasteiger partial charge in [0.25, 0.3) is 11.5 Å². The fourth-order valence-corrected chi connectivity index (χ4v) is 3.46. The summed E-state index contributed by atoms with van der Waals surface area (Å²) in [4.78, 5) is 29.6. The molecule has 2 aromatic carbocycles. The number of nitrogens with zero attached hydrogens (tertiary/aromatic N) is 2. The Hall–Kier alpha value is -4.13. The number of aromatic nitrogens is 2. The molecule has 7 heteroatoms. The maximum Gasteiger partial charge on any atom is 0.252 e. The van der Waals surface area contributed by atoms with Gasteiger partial charge in [-0.1, -0.05) is 31.2 Å². The first-order valence-electron chi connectivity index (χ1n) is 10.8. The van der Waals surface area contributed by atoms with Crippen LogP contribution >= 0.6 is 0 Å². The number of carbonyl (C=O) groups is 1. The summed E-state index contributed by atoms with van der Waals surface area (Å²) in [5, 5.41) is 3.60. The predicted molar refractivity (Wildman–Crippen MR) is 127 cm³/mol. The lowest BCUT2D eigenvalue weighted by atomic mass is 10.1. The average Bonchev–Trinajstić information content (AvgIpc) is 2.85. The van der Waals surface area contributed by atoms with Gasteiger partial charge >= 0.3 is 0 Å². The van der Waals surface area contributed by atoms with E-state index in [4.69, 9.17) is 9.47 Å². The lowest BCUT2D eigenvalue weighted by molar-refractivity contribution is 0.0952. The second-order valence-corrected chi connectivity index (χ2v) is 7.54. The van der Waals surface area contributed by atoms with Crippen LogP contribution in [0.1, 0.15) is 29.3 Å². The number of hydrogen-bond acceptors (Lipinski definition) is 5. The van der Waals surface area contributed by atoms with E-state index >= 15 is 0 Å². The maximum absolute atomic E-state index is 13.0. The van der Waals surface area contributed by atoms with E-state index < -0.39 is 0 Å². The molecule has 0 fully saturated rings. The fourth-order valence-electron chi connectivity index (χ4n) is 3.46. The number of benzene rings is 2. The molecule has 0 radical (unpaired) electrons. The van der Waals surface area contributed by atoms with Crippen molar-refractivity contribution < 1.29 is 14.3 Å². The summed E-state index contributed by atoms with van der Waals surface area (Å²) >= 11 is 0. The molecule has 0 saturated carbocycles. The highest BCUT2D eigenvalue weighted by molar-refractivity contribution is 6.06. The van der Waals surface area contributed by atoms with Crippen molar-refractivity contribution in [3.63, 3.8) is 0 Å². The van der Waals surface area contributed by atoms with Crippen LogP contribution in [0.25, 0.3) is 10.9 Å². The third-order valence-corrected chi connectivity index (χ3v) is 5.20. The molecule has 2 heterocycles. The zero-order valence-electron chi connectivity index (χ0n) is 18.6. The van der Waals surface area contributed by atoms with Crippen LogP contribution in [-0.4, -0.2) is 22.1 Å². The Morgan fingerprint density at radius 2 is 1.79 bits per heavy atom. The molecule has 0 saturated heterocycles. The molecule has 7 nitrogen and oxygen atoms in total. The van der Waals surface area contributed by atoms with Gasteiger partial charge in [-0.15, -0.1) is 0 Å². The maximum atomic E-state index is 13.0. The van der Waals surface area contributed by atoms with E-state index in [1.807, 2.05) is 54.6 Å². The van der Waals surface area contributed by atoms with E-state index in [0.717, 1.165) is 12.2 Å². The summed E-state index contributed by atoms with van der Waals surface area (Å²) in [6, 6.07) is 19.6. The second kappa shape index (κ2) is 9.99. The predicted octanol–water partition coefficient (Wildman–Crippen LogP) is 4.44. The second-order valence-electron chi connectivity index (χ2n) is 7.54. The van der Waals surface area contributed by atoms with Gasteiger partial charge in [-0.3, -0.25) is 9.59 Å². The molecule has 0 bridgehead atoms. The molecule has 0 aliphatic rings. The molecule has 4 rings (SSSR count).